The zero-order valence-corrected chi connectivity index (χ0v) is 13.4. The molecule has 1 saturated carbocycles. The molecular formula is C16H29N3O2. The lowest BCUT2D eigenvalue weighted by Crippen LogP contribution is -2.39. The molecule has 2 unspecified atom stereocenters. The van der Waals surface area contributed by atoms with Crippen molar-refractivity contribution in [2.75, 3.05) is 6.61 Å². The van der Waals surface area contributed by atoms with Gasteiger partial charge < -0.3 is 9.84 Å². The van der Waals surface area contributed by atoms with Crippen molar-refractivity contribution >= 4 is 0 Å². The fourth-order valence-corrected chi connectivity index (χ4v) is 3.36. The molecular weight excluding hydrogens is 266 g/mol. The standard InChI is InChI=1S/C16H29N3O2/c1-3-10-19-15(17-12-18-19)11-14(20)16(21-4-2)13-8-6-5-7-9-13/h12-14,16,20H,3-11H2,1-2H3. The minimum atomic E-state index is -0.493. The number of aryl methyl sites for hydroxylation is 1. The van der Waals surface area contributed by atoms with Gasteiger partial charge in [-0.3, -0.25) is 4.68 Å². The number of aliphatic hydroxyl groups excluding tert-OH is 1. The quantitative estimate of drug-likeness (QED) is 0.801. The summed E-state index contributed by atoms with van der Waals surface area (Å²) in [6.45, 7) is 5.62. The molecule has 5 nitrogen and oxygen atoms in total. The smallest absolute Gasteiger partial charge is 0.138 e. The van der Waals surface area contributed by atoms with Crippen LogP contribution in [0.4, 0.5) is 0 Å². The molecule has 0 aliphatic heterocycles. The Labute approximate surface area is 127 Å². The Kier molecular flexibility index (Phi) is 6.64. The first-order chi connectivity index (χ1) is 10.3. The van der Waals surface area contributed by atoms with Gasteiger partial charge in [0.2, 0.25) is 0 Å². The topological polar surface area (TPSA) is 60.2 Å². The molecule has 0 radical (unpaired) electrons. The lowest BCUT2D eigenvalue weighted by Gasteiger charge is -2.33. The molecule has 0 saturated heterocycles. The van der Waals surface area contributed by atoms with Crippen molar-refractivity contribution in [3.8, 4) is 0 Å². The molecule has 1 N–H and O–H groups in total. The van der Waals surface area contributed by atoms with E-state index in [1.54, 1.807) is 6.33 Å². The molecule has 120 valence electrons. The average Bonchev–Trinajstić information content (AvgIpc) is 2.93. The minimum absolute atomic E-state index is 0.0675. The second kappa shape index (κ2) is 8.49. The van der Waals surface area contributed by atoms with Crippen LogP contribution < -0.4 is 0 Å². The molecule has 0 amide bonds. The first-order valence-corrected chi connectivity index (χ1v) is 8.42. The van der Waals surface area contributed by atoms with E-state index in [1.807, 2.05) is 11.6 Å². The Morgan fingerprint density at radius 2 is 2.10 bits per heavy atom. The first-order valence-electron chi connectivity index (χ1n) is 8.42. The number of aromatic nitrogens is 3. The average molecular weight is 295 g/mol. The second-order valence-corrected chi connectivity index (χ2v) is 5.99. The summed E-state index contributed by atoms with van der Waals surface area (Å²) >= 11 is 0. The van der Waals surface area contributed by atoms with Crippen LogP contribution >= 0.6 is 0 Å². The predicted molar refractivity (Wildman–Crippen MR) is 82.0 cm³/mol. The van der Waals surface area contributed by atoms with Crippen LogP contribution in [0.25, 0.3) is 0 Å². The molecule has 1 heterocycles. The highest BCUT2D eigenvalue weighted by Crippen LogP contribution is 2.30. The van der Waals surface area contributed by atoms with Gasteiger partial charge in [0.05, 0.1) is 12.2 Å². The van der Waals surface area contributed by atoms with E-state index in [4.69, 9.17) is 4.74 Å². The fourth-order valence-electron chi connectivity index (χ4n) is 3.36. The van der Waals surface area contributed by atoms with E-state index in [-0.39, 0.29) is 6.10 Å². The third-order valence-electron chi connectivity index (χ3n) is 4.38. The summed E-state index contributed by atoms with van der Waals surface area (Å²) in [4.78, 5) is 4.30. The molecule has 0 bridgehead atoms. The summed E-state index contributed by atoms with van der Waals surface area (Å²) in [6.07, 6.45) is 8.73. The van der Waals surface area contributed by atoms with Gasteiger partial charge in [-0.1, -0.05) is 26.2 Å². The summed E-state index contributed by atoms with van der Waals surface area (Å²) < 4.78 is 7.78. The van der Waals surface area contributed by atoms with E-state index in [2.05, 4.69) is 17.0 Å². The molecule has 1 aromatic heterocycles. The third-order valence-corrected chi connectivity index (χ3v) is 4.38. The number of aliphatic hydroxyl groups is 1. The number of hydrogen-bond acceptors (Lipinski definition) is 4. The maximum absolute atomic E-state index is 10.7. The fraction of sp³-hybridized carbons (Fsp3) is 0.875. The van der Waals surface area contributed by atoms with Gasteiger partial charge >= 0.3 is 0 Å². The summed E-state index contributed by atoms with van der Waals surface area (Å²) in [5, 5.41) is 14.9. The van der Waals surface area contributed by atoms with E-state index in [0.717, 1.165) is 18.8 Å². The van der Waals surface area contributed by atoms with Crippen molar-refractivity contribution in [3.05, 3.63) is 12.2 Å². The van der Waals surface area contributed by atoms with Crippen LogP contribution in [0.2, 0.25) is 0 Å². The molecule has 5 heteroatoms. The van der Waals surface area contributed by atoms with Gasteiger partial charge in [-0.05, 0) is 32.1 Å². The van der Waals surface area contributed by atoms with Crippen molar-refractivity contribution in [3.63, 3.8) is 0 Å². The minimum Gasteiger partial charge on any atom is -0.390 e. The van der Waals surface area contributed by atoms with Gasteiger partial charge in [0, 0.05) is 19.6 Å². The molecule has 0 aromatic carbocycles. The molecule has 0 spiro atoms. The van der Waals surface area contributed by atoms with Crippen molar-refractivity contribution < 1.29 is 9.84 Å². The van der Waals surface area contributed by atoms with Gasteiger partial charge in [0.15, 0.2) is 0 Å². The van der Waals surface area contributed by atoms with E-state index in [1.165, 1.54) is 32.1 Å². The van der Waals surface area contributed by atoms with Gasteiger partial charge in [-0.25, -0.2) is 4.98 Å². The molecule has 1 aromatic rings. The zero-order chi connectivity index (χ0) is 15.1. The molecule has 1 aliphatic rings. The summed E-state index contributed by atoms with van der Waals surface area (Å²) in [6, 6.07) is 0. The summed E-state index contributed by atoms with van der Waals surface area (Å²) in [7, 11) is 0. The number of ether oxygens (including phenoxy) is 1. The van der Waals surface area contributed by atoms with Crippen LogP contribution in [0.5, 0.6) is 0 Å². The number of nitrogens with zero attached hydrogens (tertiary/aromatic N) is 3. The summed E-state index contributed by atoms with van der Waals surface area (Å²) in [5.41, 5.74) is 0. The van der Waals surface area contributed by atoms with Gasteiger partial charge in [-0.2, -0.15) is 5.10 Å². The van der Waals surface area contributed by atoms with Crippen LogP contribution in [0.3, 0.4) is 0 Å². The highest BCUT2D eigenvalue weighted by molar-refractivity contribution is 4.92. The van der Waals surface area contributed by atoms with E-state index in [9.17, 15) is 5.11 Å². The van der Waals surface area contributed by atoms with Crippen molar-refractivity contribution in [2.24, 2.45) is 5.92 Å². The normalized spacial score (nSPS) is 19.6. The van der Waals surface area contributed by atoms with E-state index >= 15 is 0 Å². The SMILES string of the molecule is CCCn1ncnc1CC(O)C(OCC)C1CCCCC1. The monoisotopic (exact) mass is 295 g/mol. The van der Waals surface area contributed by atoms with Crippen molar-refractivity contribution in [1.29, 1.82) is 0 Å². The van der Waals surface area contributed by atoms with Crippen LogP contribution in [0.15, 0.2) is 6.33 Å². The molecule has 1 fully saturated rings. The lowest BCUT2D eigenvalue weighted by atomic mass is 9.82. The molecule has 1 aliphatic carbocycles. The number of hydrogen-bond donors (Lipinski definition) is 1. The summed E-state index contributed by atoms with van der Waals surface area (Å²) in [5.74, 6) is 1.35. The maximum atomic E-state index is 10.7. The second-order valence-electron chi connectivity index (χ2n) is 5.99. The Balaban J connectivity index is 1.99. The Morgan fingerprint density at radius 1 is 1.33 bits per heavy atom. The van der Waals surface area contributed by atoms with Crippen LogP contribution in [0, 0.1) is 5.92 Å². The Morgan fingerprint density at radius 3 is 2.76 bits per heavy atom. The van der Waals surface area contributed by atoms with Gasteiger partial charge in [0.25, 0.3) is 0 Å². The predicted octanol–water partition coefficient (Wildman–Crippen LogP) is 2.58. The largest absolute Gasteiger partial charge is 0.390 e. The zero-order valence-electron chi connectivity index (χ0n) is 13.4. The number of rotatable bonds is 8. The van der Waals surface area contributed by atoms with Crippen LogP contribution in [0.1, 0.15) is 58.2 Å². The molecule has 2 atom stereocenters. The molecule has 2 rings (SSSR count). The Hall–Kier alpha value is -0.940. The van der Waals surface area contributed by atoms with E-state index in [0.29, 0.717) is 18.9 Å². The first kappa shape index (κ1) is 16.4. The van der Waals surface area contributed by atoms with E-state index < -0.39 is 6.10 Å². The van der Waals surface area contributed by atoms with Crippen LogP contribution in [-0.2, 0) is 17.7 Å². The maximum Gasteiger partial charge on any atom is 0.138 e. The lowest BCUT2D eigenvalue weighted by molar-refractivity contribution is -0.0724. The Bertz CT molecular complexity index is 402. The van der Waals surface area contributed by atoms with Crippen molar-refractivity contribution in [2.45, 2.75) is 77.5 Å². The van der Waals surface area contributed by atoms with Crippen LogP contribution in [-0.4, -0.2) is 38.7 Å². The third kappa shape index (κ3) is 4.51. The highest BCUT2D eigenvalue weighted by Gasteiger charge is 2.31. The highest BCUT2D eigenvalue weighted by atomic mass is 16.5. The van der Waals surface area contributed by atoms with Gasteiger partial charge in [-0.15, -0.1) is 0 Å². The van der Waals surface area contributed by atoms with Gasteiger partial charge in [0.1, 0.15) is 12.2 Å². The molecule has 21 heavy (non-hydrogen) atoms. The van der Waals surface area contributed by atoms with Crippen molar-refractivity contribution in [1.82, 2.24) is 14.8 Å².